The van der Waals surface area contributed by atoms with E-state index in [1.807, 2.05) is 25.2 Å². The first kappa shape index (κ1) is 16.3. The van der Waals surface area contributed by atoms with E-state index < -0.39 is 5.82 Å². The standard InChI is InChI=1S/C16H16BrClFNO/c1-10(20-2)13-5-4-12(17)8-16(13)21-9-11-3-6-14(18)15(19)7-11/h3-8,10,20H,9H2,1-2H3. The molecule has 0 saturated heterocycles. The molecule has 0 fully saturated rings. The summed E-state index contributed by atoms with van der Waals surface area (Å²) >= 11 is 9.11. The number of ether oxygens (including phenoxy) is 1. The summed E-state index contributed by atoms with van der Waals surface area (Å²) in [4.78, 5) is 0. The van der Waals surface area contributed by atoms with Gasteiger partial charge in [0.25, 0.3) is 0 Å². The number of rotatable bonds is 5. The molecule has 0 aliphatic heterocycles. The van der Waals surface area contributed by atoms with Gasteiger partial charge in [0.15, 0.2) is 0 Å². The SMILES string of the molecule is CNC(C)c1ccc(Br)cc1OCc1ccc(Cl)c(F)c1. The molecule has 0 aliphatic rings. The minimum Gasteiger partial charge on any atom is -0.489 e. The van der Waals surface area contributed by atoms with Crippen molar-refractivity contribution in [3.63, 3.8) is 0 Å². The zero-order chi connectivity index (χ0) is 15.4. The molecule has 0 heterocycles. The van der Waals surface area contributed by atoms with Crippen molar-refractivity contribution < 1.29 is 9.13 Å². The summed E-state index contributed by atoms with van der Waals surface area (Å²) in [6.45, 7) is 2.34. The van der Waals surface area contributed by atoms with Gasteiger partial charge in [-0.15, -0.1) is 0 Å². The number of benzene rings is 2. The molecule has 1 unspecified atom stereocenters. The Morgan fingerprint density at radius 2 is 2.05 bits per heavy atom. The Morgan fingerprint density at radius 3 is 2.71 bits per heavy atom. The van der Waals surface area contributed by atoms with E-state index in [4.69, 9.17) is 16.3 Å². The summed E-state index contributed by atoms with van der Waals surface area (Å²) in [5.74, 6) is 0.331. The van der Waals surface area contributed by atoms with Gasteiger partial charge in [-0.2, -0.15) is 0 Å². The summed E-state index contributed by atoms with van der Waals surface area (Å²) in [5, 5.41) is 3.30. The molecule has 2 aromatic rings. The lowest BCUT2D eigenvalue weighted by molar-refractivity contribution is 0.299. The summed E-state index contributed by atoms with van der Waals surface area (Å²) in [6, 6.07) is 10.7. The lowest BCUT2D eigenvalue weighted by atomic mass is 10.1. The number of nitrogens with one attached hydrogen (secondary N) is 1. The van der Waals surface area contributed by atoms with Crippen molar-refractivity contribution >= 4 is 27.5 Å². The molecule has 0 aliphatic carbocycles. The van der Waals surface area contributed by atoms with E-state index in [9.17, 15) is 4.39 Å². The predicted octanol–water partition coefficient (Wildman–Crippen LogP) is 5.10. The number of hydrogen-bond donors (Lipinski definition) is 1. The molecule has 0 radical (unpaired) electrons. The Morgan fingerprint density at radius 1 is 1.29 bits per heavy atom. The van der Waals surface area contributed by atoms with E-state index in [0.717, 1.165) is 21.3 Å². The van der Waals surface area contributed by atoms with Crippen molar-refractivity contribution in [2.75, 3.05) is 7.05 Å². The molecule has 0 saturated carbocycles. The van der Waals surface area contributed by atoms with Gasteiger partial charge in [-0.05, 0) is 43.8 Å². The van der Waals surface area contributed by atoms with Crippen LogP contribution < -0.4 is 10.1 Å². The van der Waals surface area contributed by atoms with Crippen molar-refractivity contribution in [2.45, 2.75) is 19.6 Å². The minimum absolute atomic E-state index is 0.116. The molecule has 112 valence electrons. The molecule has 2 aromatic carbocycles. The largest absolute Gasteiger partial charge is 0.489 e. The van der Waals surface area contributed by atoms with Crippen molar-refractivity contribution in [1.29, 1.82) is 0 Å². The normalized spacial score (nSPS) is 12.2. The van der Waals surface area contributed by atoms with Gasteiger partial charge in [-0.25, -0.2) is 4.39 Å². The number of halogens is 3. The van der Waals surface area contributed by atoms with Crippen LogP contribution in [0.4, 0.5) is 4.39 Å². The average Bonchev–Trinajstić information content (AvgIpc) is 2.48. The molecule has 0 amide bonds. The average molecular weight is 373 g/mol. The highest BCUT2D eigenvalue weighted by atomic mass is 79.9. The Bertz CT molecular complexity index is 636. The second-order valence-corrected chi connectivity index (χ2v) is 6.05. The summed E-state index contributed by atoms with van der Waals surface area (Å²) in [7, 11) is 1.89. The van der Waals surface area contributed by atoms with E-state index in [1.54, 1.807) is 6.07 Å². The van der Waals surface area contributed by atoms with E-state index >= 15 is 0 Å². The summed E-state index contributed by atoms with van der Waals surface area (Å²) in [6.07, 6.45) is 0. The van der Waals surface area contributed by atoms with Gasteiger partial charge in [0.1, 0.15) is 18.2 Å². The maximum absolute atomic E-state index is 13.4. The highest BCUT2D eigenvalue weighted by Gasteiger charge is 2.11. The van der Waals surface area contributed by atoms with Crippen LogP contribution in [0.2, 0.25) is 5.02 Å². The number of hydrogen-bond acceptors (Lipinski definition) is 2. The summed E-state index contributed by atoms with van der Waals surface area (Å²) in [5.41, 5.74) is 1.79. The van der Waals surface area contributed by atoms with Gasteiger partial charge in [-0.1, -0.05) is 39.7 Å². The first-order valence-electron chi connectivity index (χ1n) is 6.54. The third-order valence-electron chi connectivity index (χ3n) is 3.25. The highest BCUT2D eigenvalue weighted by Crippen LogP contribution is 2.29. The second-order valence-electron chi connectivity index (χ2n) is 4.73. The molecule has 2 nitrogen and oxygen atoms in total. The van der Waals surface area contributed by atoms with Gasteiger partial charge in [0.05, 0.1) is 5.02 Å². The first-order chi connectivity index (χ1) is 10.0. The van der Waals surface area contributed by atoms with Crippen LogP contribution in [0.1, 0.15) is 24.1 Å². The smallest absolute Gasteiger partial charge is 0.142 e. The fourth-order valence-electron chi connectivity index (χ4n) is 1.94. The van der Waals surface area contributed by atoms with Crippen LogP contribution in [0.15, 0.2) is 40.9 Å². The summed E-state index contributed by atoms with van der Waals surface area (Å²) < 4.78 is 20.2. The van der Waals surface area contributed by atoms with Crippen LogP contribution in [0.25, 0.3) is 0 Å². The molecule has 5 heteroatoms. The lowest BCUT2D eigenvalue weighted by Gasteiger charge is -2.17. The Kier molecular flexibility index (Phi) is 5.62. The third kappa shape index (κ3) is 4.19. The van der Waals surface area contributed by atoms with Crippen LogP contribution in [-0.2, 0) is 6.61 Å². The highest BCUT2D eigenvalue weighted by molar-refractivity contribution is 9.10. The first-order valence-corrected chi connectivity index (χ1v) is 7.72. The maximum Gasteiger partial charge on any atom is 0.142 e. The van der Waals surface area contributed by atoms with Gasteiger partial charge in [0.2, 0.25) is 0 Å². The van der Waals surface area contributed by atoms with Crippen LogP contribution in [0, 0.1) is 5.82 Å². The fourth-order valence-corrected chi connectivity index (χ4v) is 2.39. The lowest BCUT2D eigenvalue weighted by Crippen LogP contribution is -2.13. The third-order valence-corrected chi connectivity index (χ3v) is 4.05. The molecule has 0 bridgehead atoms. The van der Waals surface area contributed by atoms with Gasteiger partial charge in [-0.3, -0.25) is 0 Å². The topological polar surface area (TPSA) is 21.3 Å². The zero-order valence-electron chi connectivity index (χ0n) is 11.8. The van der Waals surface area contributed by atoms with Crippen molar-refractivity contribution in [2.24, 2.45) is 0 Å². The zero-order valence-corrected chi connectivity index (χ0v) is 14.1. The van der Waals surface area contributed by atoms with Gasteiger partial charge in [0, 0.05) is 16.1 Å². The van der Waals surface area contributed by atoms with Crippen molar-refractivity contribution in [1.82, 2.24) is 5.32 Å². The molecule has 0 aromatic heterocycles. The fraction of sp³-hybridized carbons (Fsp3) is 0.250. The van der Waals surface area contributed by atoms with Gasteiger partial charge < -0.3 is 10.1 Å². The Hall–Kier alpha value is -1.10. The predicted molar refractivity (Wildman–Crippen MR) is 87.4 cm³/mol. The molecule has 1 atom stereocenters. The quantitative estimate of drug-likeness (QED) is 0.788. The van der Waals surface area contributed by atoms with Crippen LogP contribution in [-0.4, -0.2) is 7.05 Å². The van der Waals surface area contributed by atoms with Crippen LogP contribution in [0.5, 0.6) is 5.75 Å². The van der Waals surface area contributed by atoms with E-state index in [1.165, 1.54) is 12.1 Å². The van der Waals surface area contributed by atoms with Crippen LogP contribution in [0.3, 0.4) is 0 Å². The molecular weight excluding hydrogens is 357 g/mol. The Balaban J connectivity index is 2.18. The molecular formula is C16H16BrClFNO. The van der Waals surface area contributed by atoms with Crippen molar-refractivity contribution in [3.05, 3.63) is 62.8 Å². The second kappa shape index (κ2) is 7.25. The van der Waals surface area contributed by atoms with Crippen LogP contribution >= 0.6 is 27.5 Å². The molecule has 1 N–H and O–H groups in total. The van der Waals surface area contributed by atoms with E-state index in [0.29, 0.717) is 0 Å². The molecule has 21 heavy (non-hydrogen) atoms. The maximum atomic E-state index is 13.4. The molecule has 2 rings (SSSR count). The van der Waals surface area contributed by atoms with Gasteiger partial charge >= 0.3 is 0 Å². The minimum atomic E-state index is -0.434. The monoisotopic (exact) mass is 371 g/mol. The molecule has 0 spiro atoms. The van der Waals surface area contributed by atoms with Crippen molar-refractivity contribution in [3.8, 4) is 5.75 Å². The van der Waals surface area contributed by atoms with E-state index in [2.05, 4.69) is 28.2 Å². The van der Waals surface area contributed by atoms with E-state index in [-0.39, 0.29) is 17.7 Å². The Labute approximate surface area is 137 Å².